The van der Waals surface area contributed by atoms with Crippen LogP contribution in [0.25, 0.3) is 5.57 Å². The molecule has 0 fully saturated rings. The molecule has 1 aromatic carbocycles. The molecule has 0 N–H and O–H groups in total. The van der Waals surface area contributed by atoms with E-state index < -0.39 is 9.84 Å². The summed E-state index contributed by atoms with van der Waals surface area (Å²) in [6, 6.07) is 5.52. The fraction of sp³-hybridized carbons (Fsp3) is 0.333. The van der Waals surface area contributed by atoms with Gasteiger partial charge in [0.05, 0.1) is 4.90 Å². The Kier molecular flexibility index (Phi) is 3.13. The molecule has 4 heteroatoms. The monoisotopic (exact) mass is 254 g/mol. The molecule has 1 aromatic rings. The average molecular weight is 254 g/mol. The van der Waals surface area contributed by atoms with E-state index in [2.05, 4.69) is 6.92 Å². The summed E-state index contributed by atoms with van der Waals surface area (Å²) in [4.78, 5) is 0.463. The average Bonchev–Trinajstić information content (AvgIpc) is 2.47. The Bertz CT molecular complexity index is 542. The number of hydrogen-bond acceptors (Lipinski definition) is 3. The quantitative estimate of drug-likeness (QED) is 0.831. The van der Waals surface area contributed by atoms with Crippen molar-refractivity contribution in [3.8, 4) is 0 Å². The van der Waals surface area contributed by atoms with E-state index in [4.69, 9.17) is 0 Å². The van der Waals surface area contributed by atoms with Crippen molar-refractivity contribution in [3.05, 3.63) is 34.7 Å². The molecular formula is C12H14O2S2. The van der Waals surface area contributed by atoms with Crippen LogP contribution in [0, 0.1) is 6.92 Å². The molecule has 0 aliphatic carbocycles. The first-order valence-electron chi connectivity index (χ1n) is 5.19. The van der Waals surface area contributed by atoms with Crippen LogP contribution in [0.5, 0.6) is 0 Å². The van der Waals surface area contributed by atoms with Gasteiger partial charge in [0.25, 0.3) is 0 Å². The zero-order chi connectivity index (χ0) is 11.8. The molecule has 0 radical (unpaired) electrons. The molecule has 1 aliphatic rings. The normalized spacial score (nSPS) is 17.0. The SMILES string of the molecule is CCSCC1=CS(=O)(=O)c2ccc(C)cc21. The number of fused-ring (bicyclic) bond motifs is 1. The summed E-state index contributed by atoms with van der Waals surface area (Å²) >= 11 is 1.74. The van der Waals surface area contributed by atoms with Gasteiger partial charge in [-0.2, -0.15) is 11.8 Å². The Labute approximate surface area is 101 Å². The summed E-state index contributed by atoms with van der Waals surface area (Å²) in [5.41, 5.74) is 2.93. The minimum atomic E-state index is -3.18. The number of sulfone groups is 1. The topological polar surface area (TPSA) is 34.1 Å². The third kappa shape index (κ3) is 2.04. The molecule has 2 nitrogen and oxygen atoms in total. The summed E-state index contributed by atoms with van der Waals surface area (Å²) in [6.45, 7) is 4.06. The van der Waals surface area contributed by atoms with Crippen molar-refractivity contribution in [2.75, 3.05) is 11.5 Å². The Morgan fingerprint density at radius 3 is 2.75 bits per heavy atom. The molecule has 86 valence electrons. The maximum Gasteiger partial charge on any atom is 0.200 e. The van der Waals surface area contributed by atoms with Gasteiger partial charge in [-0.25, -0.2) is 8.42 Å². The highest BCUT2D eigenvalue weighted by Gasteiger charge is 2.26. The summed E-state index contributed by atoms with van der Waals surface area (Å²) < 4.78 is 23.7. The largest absolute Gasteiger partial charge is 0.219 e. The van der Waals surface area contributed by atoms with Crippen molar-refractivity contribution in [1.82, 2.24) is 0 Å². The van der Waals surface area contributed by atoms with Crippen molar-refractivity contribution in [3.63, 3.8) is 0 Å². The number of rotatable bonds is 3. The van der Waals surface area contributed by atoms with E-state index in [0.717, 1.165) is 28.2 Å². The van der Waals surface area contributed by atoms with Gasteiger partial charge >= 0.3 is 0 Å². The molecule has 1 aliphatic heterocycles. The van der Waals surface area contributed by atoms with Crippen LogP contribution in [-0.2, 0) is 9.84 Å². The van der Waals surface area contributed by atoms with Crippen molar-refractivity contribution in [1.29, 1.82) is 0 Å². The highest BCUT2D eigenvalue weighted by atomic mass is 32.2. The van der Waals surface area contributed by atoms with Crippen LogP contribution in [0.15, 0.2) is 28.5 Å². The van der Waals surface area contributed by atoms with Crippen LogP contribution >= 0.6 is 11.8 Å². The first kappa shape index (κ1) is 11.7. The number of thioether (sulfide) groups is 1. The van der Waals surface area contributed by atoms with Crippen LogP contribution in [0.1, 0.15) is 18.1 Å². The second-order valence-corrected chi connectivity index (χ2v) is 6.86. The van der Waals surface area contributed by atoms with E-state index in [1.54, 1.807) is 17.8 Å². The Morgan fingerprint density at radius 2 is 2.06 bits per heavy atom. The summed E-state index contributed by atoms with van der Waals surface area (Å²) in [5.74, 6) is 1.77. The lowest BCUT2D eigenvalue weighted by Crippen LogP contribution is -1.93. The number of hydrogen-bond donors (Lipinski definition) is 0. The van der Waals surface area contributed by atoms with Crippen LogP contribution in [0.2, 0.25) is 0 Å². The van der Waals surface area contributed by atoms with Crippen LogP contribution in [0.4, 0.5) is 0 Å². The van der Waals surface area contributed by atoms with E-state index in [1.165, 1.54) is 5.41 Å². The summed E-state index contributed by atoms with van der Waals surface area (Å²) in [7, 11) is -3.18. The highest BCUT2D eigenvalue weighted by molar-refractivity contribution is 8.00. The van der Waals surface area contributed by atoms with Gasteiger partial charge in [0.2, 0.25) is 9.84 Å². The van der Waals surface area contributed by atoms with Crippen molar-refractivity contribution in [2.45, 2.75) is 18.7 Å². The second kappa shape index (κ2) is 4.26. The van der Waals surface area contributed by atoms with E-state index in [0.29, 0.717) is 4.90 Å². The molecule has 0 aromatic heterocycles. The van der Waals surface area contributed by atoms with Crippen LogP contribution < -0.4 is 0 Å². The van der Waals surface area contributed by atoms with E-state index in [-0.39, 0.29) is 0 Å². The third-order valence-electron chi connectivity index (χ3n) is 2.55. The Balaban J connectivity index is 2.49. The standard InChI is InChI=1S/C12H14O2S2/c1-3-15-7-10-8-16(13,14)12-5-4-9(2)6-11(10)12/h4-6,8H,3,7H2,1-2H3. The lowest BCUT2D eigenvalue weighted by molar-refractivity contribution is 0.605. The van der Waals surface area contributed by atoms with Crippen LogP contribution in [0.3, 0.4) is 0 Å². The van der Waals surface area contributed by atoms with Crippen LogP contribution in [-0.4, -0.2) is 19.9 Å². The van der Waals surface area contributed by atoms with Crippen molar-refractivity contribution < 1.29 is 8.42 Å². The molecule has 0 amide bonds. The van der Waals surface area contributed by atoms with Gasteiger partial charge < -0.3 is 0 Å². The molecule has 1 heterocycles. The summed E-state index contributed by atoms with van der Waals surface area (Å²) in [5, 5.41) is 1.42. The third-order valence-corrected chi connectivity index (χ3v) is 5.03. The van der Waals surface area contributed by atoms with E-state index in [9.17, 15) is 8.42 Å². The van der Waals surface area contributed by atoms with E-state index >= 15 is 0 Å². The summed E-state index contributed by atoms with van der Waals surface area (Å²) in [6.07, 6.45) is 0. The maximum atomic E-state index is 11.9. The minimum absolute atomic E-state index is 0.463. The molecule has 0 spiro atoms. The molecule has 0 atom stereocenters. The van der Waals surface area contributed by atoms with Gasteiger partial charge in [0.15, 0.2) is 0 Å². The molecule has 2 rings (SSSR count). The van der Waals surface area contributed by atoms with Gasteiger partial charge in [-0.05, 0) is 29.9 Å². The fourth-order valence-corrected chi connectivity index (χ4v) is 4.02. The first-order valence-corrected chi connectivity index (χ1v) is 7.89. The predicted molar refractivity (Wildman–Crippen MR) is 69.3 cm³/mol. The molecule has 0 unspecified atom stereocenters. The Hall–Kier alpha value is -0.740. The maximum absolute atomic E-state index is 11.9. The second-order valence-electron chi connectivity index (χ2n) is 3.82. The molecule has 0 saturated carbocycles. The lowest BCUT2D eigenvalue weighted by atomic mass is 10.1. The van der Waals surface area contributed by atoms with E-state index in [1.807, 2.05) is 19.1 Å². The van der Waals surface area contributed by atoms with Gasteiger partial charge in [-0.3, -0.25) is 0 Å². The molecule has 0 bridgehead atoms. The van der Waals surface area contributed by atoms with Gasteiger partial charge in [-0.15, -0.1) is 0 Å². The van der Waals surface area contributed by atoms with Gasteiger partial charge in [-0.1, -0.05) is 24.6 Å². The highest BCUT2D eigenvalue weighted by Crippen LogP contribution is 2.35. The Morgan fingerprint density at radius 1 is 1.31 bits per heavy atom. The smallest absolute Gasteiger partial charge is 0.200 e. The fourth-order valence-electron chi connectivity index (χ4n) is 1.78. The zero-order valence-electron chi connectivity index (χ0n) is 9.36. The number of benzene rings is 1. The number of aryl methyl sites for hydroxylation is 1. The minimum Gasteiger partial charge on any atom is -0.219 e. The molecule has 0 saturated heterocycles. The van der Waals surface area contributed by atoms with Gasteiger partial charge in [0.1, 0.15) is 0 Å². The molecular weight excluding hydrogens is 240 g/mol. The zero-order valence-corrected chi connectivity index (χ0v) is 11.0. The predicted octanol–water partition coefficient (Wildman–Crippen LogP) is 2.88. The van der Waals surface area contributed by atoms with Crippen molar-refractivity contribution >= 4 is 27.2 Å². The first-order chi connectivity index (χ1) is 7.54. The van der Waals surface area contributed by atoms with Crippen molar-refractivity contribution in [2.24, 2.45) is 0 Å². The lowest BCUT2D eigenvalue weighted by Gasteiger charge is -2.04. The van der Waals surface area contributed by atoms with Gasteiger partial charge in [0, 0.05) is 11.2 Å². The molecule has 16 heavy (non-hydrogen) atoms.